The van der Waals surface area contributed by atoms with Gasteiger partial charge < -0.3 is 9.47 Å². The first kappa shape index (κ1) is 18.5. The van der Waals surface area contributed by atoms with E-state index in [-0.39, 0.29) is 11.2 Å². The maximum absolute atomic E-state index is 12.6. The average Bonchev–Trinajstić information content (AvgIpc) is 2.60. The summed E-state index contributed by atoms with van der Waals surface area (Å²) in [5, 5.41) is 8.95. The van der Waals surface area contributed by atoms with Crippen molar-refractivity contribution in [1.82, 2.24) is 0 Å². The molecule has 0 aromatic heterocycles. The lowest BCUT2D eigenvalue weighted by molar-refractivity contribution is 0.0814. The number of nitriles is 1. The van der Waals surface area contributed by atoms with Gasteiger partial charge in [0, 0.05) is 11.6 Å². The quantitative estimate of drug-likeness (QED) is 0.753. The lowest BCUT2D eigenvalue weighted by Gasteiger charge is -2.20. The summed E-state index contributed by atoms with van der Waals surface area (Å²) in [5.74, 6) is 0.766. The summed E-state index contributed by atoms with van der Waals surface area (Å²) < 4.78 is 11.0. The molecule has 0 aliphatic rings. The van der Waals surface area contributed by atoms with Crippen molar-refractivity contribution >= 4 is 5.78 Å². The van der Waals surface area contributed by atoms with Crippen LogP contribution in [0.1, 0.15) is 49.2 Å². The van der Waals surface area contributed by atoms with E-state index < -0.39 is 6.10 Å². The van der Waals surface area contributed by atoms with Crippen LogP contribution in [0.5, 0.6) is 11.5 Å². The molecule has 0 aliphatic heterocycles. The zero-order valence-electron chi connectivity index (χ0n) is 15.3. The van der Waals surface area contributed by atoms with E-state index in [2.05, 4.69) is 20.8 Å². The van der Waals surface area contributed by atoms with Gasteiger partial charge in [-0.1, -0.05) is 45.0 Å². The smallest absolute Gasteiger partial charge is 0.202 e. The summed E-state index contributed by atoms with van der Waals surface area (Å²) in [4.78, 5) is 12.6. The number of Topliss-reactive ketones (excluding diaryl/α,β-unsaturated/α-hetero) is 1. The highest BCUT2D eigenvalue weighted by atomic mass is 16.5. The number of benzene rings is 2. The number of ether oxygens (including phenoxy) is 2. The second-order valence-electron chi connectivity index (χ2n) is 6.93. The Morgan fingerprint density at radius 3 is 2.24 bits per heavy atom. The van der Waals surface area contributed by atoms with E-state index in [0.717, 1.165) is 0 Å². The molecular weight excluding hydrogens is 314 g/mol. The Morgan fingerprint density at radius 1 is 1.08 bits per heavy atom. The van der Waals surface area contributed by atoms with Crippen LogP contribution >= 0.6 is 0 Å². The molecule has 2 rings (SSSR count). The van der Waals surface area contributed by atoms with E-state index in [4.69, 9.17) is 14.7 Å². The Bertz CT molecular complexity index is 795. The summed E-state index contributed by atoms with van der Waals surface area (Å²) in [6.07, 6.45) is -0.665. The van der Waals surface area contributed by atoms with Crippen LogP contribution < -0.4 is 9.47 Å². The summed E-state index contributed by atoms with van der Waals surface area (Å²) in [7, 11) is 1.50. The van der Waals surface area contributed by atoms with Crippen LogP contribution in [0.15, 0.2) is 42.5 Å². The molecule has 0 bridgehead atoms. The highest BCUT2D eigenvalue weighted by Gasteiger charge is 2.20. The van der Waals surface area contributed by atoms with Crippen molar-refractivity contribution in [1.29, 1.82) is 5.26 Å². The molecule has 2 aromatic carbocycles. The van der Waals surface area contributed by atoms with Crippen molar-refractivity contribution in [3.63, 3.8) is 0 Å². The first-order valence-corrected chi connectivity index (χ1v) is 8.16. The zero-order chi connectivity index (χ0) is 18.6. The van der Waals surface area contributed by atoms with Gasteiger partial charge in [-0.05, 0) is 30.0 Å². The van der Waals surface area contributed by atoms with Crippen LogP contribution in [-0.4, -0.2) is 19.0 Å². The van der Waals surface area contributed by atoms with Crippen molar-refractivity contribution < 1.29 is 14.3 Å². The Labute approximate surface area is 149 Å². The molecule has 4 nitrogen and oxygen atoms in total. The van der Waals surface area contributed by atoms with Crippen LogP contribution in [0.4, 0.5) is 0 Å². The third-order valence-corrected chi connectivity index (χ3v) is 4.00. The van der Waals surface area contributed by atoms with Gasteiger partial charge >= 0.3 is 0 Å². The predicted molar refractivity (Wildman–Crippen MR) is 97.3 cm³/mol. The van der Waals surface area contributed by atoms with Gasteiger partial charge in [-0.15, -0.1) is 0 Å². The second-order valence-corrected chi connectivity index (χ2v) is 6.93. The second kappa shape index (κ2) is 7.40. The molecule has 0 saturated heterocycles. The molecule has 2 aromatic rings. The van der Waals surface area contributed by atoms with Gasteiger partial charge in [-0.3, -0.25) is 4.79 Å². The molecule has 0 unspecified atom stereocenters. The number of hydrogen-bond donors (Lipinski definition) is 0. The third-order valence-electron chi connectivity index (χ3n) is 4.00. The number of methoxy groups -OCH3 is 1. The molecule has 25 heavy (non-hydrogen) atoms. The average molecular weight is 337 g/mol. The van der Waals surface area contributed by atoms with Crippen molar-refractivity contribution in [3.8, 4) is 17.6 Å². The van der Waals surface area contributed by atoms with Crippen LogP contribution in [0, 0.1) is 11.3 Å². The standard InChI is InChI=1S/C21H23NO3/c1-14(25-18-11-6-15(13-22)12-19(18)24-5)20(23)16-7-9-17(10-8-16)21(2,3)4/h6-12,14H,1-5H3/t14-/m0/s1. The molecule has 0 fully saturated rings. The fraction of sp³-hybridized carbons (Fsp3) is 0.333. The minimum Gasteiger partial charge on any atom is -0.493 e. The molecule has 0 saturated carbocycles. The first-order chi connectivity index (χ1) is 11.8. The molecule has 0 amide bonds. The predicted octanol–water partition coefficient (Wildman–Crippen LogP) is 4.51. The lowest BCUT2D eigenvalue weighted by Crippen LogP contribution is -2.24. The number of hydrogen-bond acceptors (Lipinski definition) is 4. The minimum atomic E-state index is -0.665. The number of carbonyl (C=O) groups is 1. The van der Waals surface area contributed by atoms with Crippen LogP contribution in [0.3, 0.4) is 0 Å². The van der Waals surface area contributed by atoms with Crippen molar-refractivity contribution in [3.05, 3.63) is 59.2 Å². The van der Waals surface area contributed by atoms with Crippen molar-refractivity contribution in [2.24, 2.45) is 0 Å². The third kappa shape index (κ3) is 4.39. The van der Waals surface area contributed by atoms with Gasteiger partial charge in [-0.25, -0.2) is 0 Å². The van der Waals surface area contributed by atoms with Crippen LogP contribution in [-0.2, 0) is 5.41 Å². The Hall–Kier alpha value is -2.80. The monoisotopic (exact) mass is 337 g/mol. The Kier molecular flexibility index (Phi) is 5.48. The first-order valence-electron chi connectivity index (χ1n) is 8.16. The Morgan fingerprint density at radius 2 is 1.72 bits per heavy atom. The topological polar surface area (TPSA) is 59.3 Å². The lowest BCUT2D eigenvalue weighted by atomic mass is 9.86. The largest absolute Gasteiger partial charge is 0.493 e. The maximum Gasteiger partial charge on any atom is 0.202 e. The fourth-order valence-corrected chi connectivity index (χ4v) is 2.45. The number of nitrogens with zero attached hydrogens (tertiary/aromatic N) is 1. The van der Waals surface area contributed by atoms with E-state index in [1.165, 1.54) is 12.7 Å². The molecule has 0 aliphatic carbocycles. The number of carbonyl (C=O) groups excluding carboxylic acids is 1. The van der Waals surface area contributed by atoms with E-state index in [0.29, 0.717) is 22.6 Å². The summed E-state index contributed by atoms with van der Waals surface area (Å²) in [6.45, 7) is 8.10. The van der Waals surface area contributed by atoms with Gasteiger partial charge in [-0.2, -0.15) is 5.26 Å². The molecule has 0 spiro atoms. The van der Waals surface area contributed by atoms with Gasteiger partial charge in [0.25, 0.3) is 0 Å². The van der Waals surface area contributed by atoms with Gasteiger partial charge in [0.15, 0.2) is 17.6 Å². The van der Waals surface area contributed by atoms with Crippen LogP contribution in [0.25, 0.3) is 0 Å². The zero-order valence-corrected chi connectivity index (χ0v) is 15.3. The van der Waals surface area contributed by atoms with E-state index in [9.17, 15) is 4.79 Å². The summed E-state index contributed by atoms with van der Waals surface area (Å²) in [6, 6.07) is 14.5. The summed E-state index contributed by atoms with van der Waals surface area (Å²) >= 11 is 0. The van der Waals surface area contributed by atoms with Gasteiger partial charge in [0.05, 0.1) is 18.7 Å². The minimum absolute atomic E-state index is 0.0412. The maximum atomic E-state index is 12.6. The van der Waals surface area contributed by atoms with Gasteiger partial charge in [0.1, 0.15) is 0 Å². The fourth-order valence-electron chi connectivity index (χ4n) is 2.45. The molecule has 0 heterocycles. The van der Waals surface area contributed by atoms with E-state index in [1.54, 1.807) is 25.1 Å². The van der Waals surface area contributed by atoms with E-state index >= 15 is 0 Å². The Balaban J connectivity index is 2.17. The van der Waals surface area contributed by atoms with Gasteiger partial charge in [0.2, 0.25) is 5.78 Å². The highest BCUT2D eigenvalue weighted by molar-refractivity contribution is 5.99. The van der Waals surface area contributed by atoms with E-state index in [1.807, 2.05) is 30.3 Å². The molecule has 0 N–H and O–H groups in total. The summed E-state index contributed by atoms with van der Waals surface area (Å²) in [5.41, 5.74) is 2.29. The normalized spacial score (nSPS) is 12.2. The number of ketones is 1. The SMILES string of the molecule is COc1cc(C#N)ccc1O[C@@H](C)C(=O)c1ccc(C(C)(C)C)cc1. The van der Waals surface area contributed by atoms with Crippen molar-refractivity contribution in [2.45, 2.75) is 39.2 Å². The molecule has 1 atom stereocenters. The molecule has 0 radical (unpaired) electrons. The molecule has 4 heteroatoms. The van der Waals surface area contributed by atoms with Crippen LogP contribution in [0.2, 0.25) is 0 Å². The molecular formula is C21H23NO3. The highest BCUT2D eigenvalue weighted by Crippen LogP contribution is 2.29. The van der Waals surface area contributed by atoms with Crippen molar-refractivity contribution in [2.75, 3.05) is 7.11 Å². The number of rotatable bonds is 5. The molecule has 130 valence electrons.